The van der Waals surface area contributed by atoms with Crippen molar-refractivity contribution in [3.8, 4) is 0 Å². The number of rotatable bonds is 12. The minimum atomic E-state index is 0.220. The molecule has 0 radical (unpaired) electrons. The molecule has 0 saturated carbocycles. The fourth-order valence-electron chi connectivity index (χ4n) is 1.85. The molecule has 0 aromatic carbocycles. The molecule has 1 N–H and O–H groups in total. The summed E-state index contributed by atoms with van der Waals surface area (Å²) < 4.78 is 0. The summed E-state index contributed by atoms with van der Waals surface area (Å²) in [5, 5.41) is 6.81. The van der Waals surface area contributed by atoms with Gasteiger partial charge in [-0.15, -0.1) is 0 Å². The summed E-state index contributed by atoms with van der Waals surface area (Å²) in [7, 11) is 0. The van der Waals surface area contributed by atoms with Crippen molar-refractivity contribution in [3.63, 3.8) is 0 Å². The van der Waals surface area contributed by atoms with Crippen LogP contribution in [0.1, 0.15) is 77.6 Å². The first kappa shape index (κ1) is 15.3. The van der Waals surface area contributed by atoms with Gasteiger partial charge in [0.15, 0.2) is 0 Å². The van der Waals surface area contributed by atoms with Crippen molar-refractivity contribution >= 4 is 12.0 Å². The lowest BCUT2D eigenvalue weighted by Gasteiger charge is -2.01. The Bertz CT molecular complexity index is 178. The Morgan fingerprint density at radius 2 is 1.44 bits per heavy atom. The average Bonchev–Trinajstić information content (AvgIpc) is 2.27. The van der Waals surface area contributed by atoms with Crippen LogP contribution in [-0.2, 0) is 4.79 Å². The van der Waals surface area contributed by atoms with E-state index in [1.807, 2.05) is 0 Å². The number of Topliss-reactive ketones (excluding diaryl/α,β-unsaturated/α-hetero) is 1. The molecule has 0 aliphatic carbocycles. The van der Waals surface area contributed by atoms with Crippen LogP contribution < -0.4 is 0 Å². The lowest BCUT2D eigenvalue weighted by Crippen LogP contribution is -1.97. The topological polar surface area (TPSA) is 40.9 Å². The molecule has 0 amide bonds. The van der Waals surface area contributed by atoms with Crippen LogP contribution in [0.5, 0.6) is 0 Å². The number of ketones is 1. The van der Waals surface area contributed by atoms with Crippen molar-refractivity contribution < 1.29 is 4.79 Å². The van der Waals surface area contributed by atoms with E-state index in [0.717, 1.165) is 6.42 Å². The Balaban J connectivity index is 3.03. The van der Waals surface area contributed by atoms with E-state index in [1.165, 1.54) is 57.6 Å². The molecule has 0 heterocycles. The lowest BCUT2D eigenvalue weighted by molar-refractivity contribution is -0.117. The highest BCUT2D eigenvalue weighted by atomic mass is 16.1. The van der Waals surface area contributed by atoms with Crippen LogP contribution in [0.3, 0.4) is 0 Å². The summed E-state index contributed by atoms with van der Waals surface area (Å²) in [4.78, 5) is 11.1. The highest BCUT2D eigenvalue weighted by Gasteiger charge is 1.98. The van der Waals surface area contributed by atoms with Crippen LogP contribution in [-0.4, -0.2) is 12.0 Å². The van der Waals surface area contributed by atoms with E-state index in [1.54, 1.807) is 0 Å². The number of carbonyl (C=O) groups excluding carboxylic acids is 1. The second-order valence-electron chi connectivity index (χ2n) is 4.53. The monoisotopic (exact) mass is 225 g/mol. The molecule has 2 nitrogen and oxygen atoms in total. The molecule has 0 aliphatic heterocycles. The summed E-state index contributed by atoms with van der Waals surface area (Å²) in [5.74, 6) is 0.220. The first-order valence-electron chi connectivity index (χ1n) is 6.82. The number of unbranched alkanes of at least 4 members (excludes halogenated alkanes) is 8. The minimum absolute atomic E-state index is 0.220. The van der Waals surface area contributed by atoms with E-state index in [4.69, 9.17) is 5.41 Å². The Kier molecular flexibility index (Phi) is 11.9. The predicted molar refractivity (Wildman–Crippen MR) is 70.3 cm³/mol. The zero-order valence-electron chi connectivity index (χ0n) is 10.8. The van der Waals surface area contributed by atoms with Crippen molar-refractivity contribution in [1.82, 2.24) is 0 Å². The van der Waals surface area contributed by atoms with Gasteiger partial charge in [0.05, 0.1) is 0 Å². The SMILES string of the molecule is CCCCCCCCCCCC(=O)CC=N. The van der Waals surface area contributed by atoms with Gasteiger partial charge in [0, 0.05) is 19.1 Å². The fourth-order valence-corrected chi connectivity index (χ4v) is 1.85. The highest BCUT2D eigenvalue weighted by molar-refractivity contribution is 5.90. The maximum atomic E-state index is 11.1. The van der Waals surface area contributed by atoms with Gasteiger partial charge in [-0.1, -0.05) is 58.3 Å². The van der Waals surface area contributed by atoms with E-state index in [9.17, 15) is 4.79 Å². The maximum Gasteiger partial charge on any atom is 0.138 e. The van der Waals surface area contributed by atoms with Crippen LogP contribution in [0.25, 0.3) is 0 Å². The summed E-state index contributed by atoms with van der Waals surface area (Å²) in [6, 6.07) is 0. The zero-order chi connectivity index (χ0) is 12.1. The van der Waals surface area contributed by atoms with Gasteiger partial charge in [-0.05, 0) is 6.42 Å². The quantitative estimate of drug-likeness (QED) is 0.385. The summed E-state index contributed by atoms with van der Waals surface area (Å²) in [6.45, 7) is 2.24. The molecule has 16 heavy (non-hydrogen) atoms. The molecule has 0 bridgehead atoms. The third-order valence-corrected chi connectivity index (χ3v) is 2.89. The van der Waals surface area contributed by atoms with E-state index in [2.05, 4.69) is 6.92 Å². The number of nitrogens with one attached hydrogen (secondary N) is 1. The second-order valence-corrected chi connectivity index (χ2v) is 4.53. The van der Waals surface area contributed by atoms with Crippen molar-refractivity contribution in [2.24, 2.45) is 0 Å². The van der Waals surface area contributed by atoms with Crippen molar-refractivity contribution in [3.05, 3.63) is 0 Å². The van der Waals surface area contributed by atoms with Crippen molar-refractivity contribution in [1.29, 1.82) is 5.41 Å². The molecule has 94 valence electrons. The lowest BCUT2D eigenvalue weighted by atomic mass is 10.1. The van der Waals surface area contributed by atoms with Gasteiger partial charge in [0.2, 0.25) is 0 Å². The second kappa shape index (κ2) is 12.4. The van der Waals surface area contributed by atoms with Crippen LogP contribution in [0, 0.1) is 5.41 Å². The van der Waals surface area contributed by atoms with Gasteiger partial charge in [0.1, 0.15) is 5.78 Å². The number of carbonyl (C=O) groups is 1. The predicted octanol–water partition coefficient (Wildman–Crippen LogP) is 4.52. The van der Waals surface area contributed by atoms with Crippen LogP contribution in [0.4, 0.5) is 0 Å². The van der Waals surface area contributed by atoms with Crippen molar-refractivity contribution in [2.45, 2.75) is 77.6 Å². The largest absolute Gasteiger partial charge is 0.313 e. The van der Waals surface area contributed by atoms with Crippen LogP contribution >= 0.6 is 0 Å². The fraction of sp³-hybridized carbons (Fsp3) is 0.857. The molecule has 0 spiro atoms. The van der Waals surface area contributed by atoms with Gasteiger partial charge in [-0.3, -0.25) is 4.79 Å². The Labute approximate surface area is 100 Å². The molecule has 0 rings (SSSR count). The first-order valence-corrected chi connectivity index (χ1v) is 6.82. The van der Waals surface area contributed by atoms with Crippen LogP contribution in [0.15, 0.2) is 0 Å². The first-order chi connectivity index (χ1) is 7.81. The van der Waals surface area contributed by atoms with Crippen LogP contribution in [0.2, 0.25) is 0 Å². The van der Waals surface area contributed by atoms with Gasteiger partial charge in [-0.25, -0.2) is 0 Å². The minimum Gasteiger partial charge on any atom is -0.313 e. The third-order valence-electron chi connectivity index (χ3n) is 2.89. The van der Waals surface area contributed by atoms with Gasteiger partial charge >= 0.3 is 0 Å². The third kappa shape index (κ3) is 11.4. The van der Waals surface area contributed by atoms with E-state index >= 15 is 0 Å². The Morgan fingerprint density at radius 3 is 1.94 bits per heavy atom. The highest BCUT2D eigenvalue weighted by Crippen LogP contribution is 2.10. The van der Waals surface area contributed by atoms with Gasteiger partial charge in [-0.2, -0.15) is 0 Å². The number of hydrogen-bond acceptors (Lipinski definition) is 2. The molecule has 0 unspecified atom stereocenters. The molecule has 0 aromatic heterocycles. The van der Waals surface area contributed by atoms with Gasteiger partial charge in [0.25, 0.3) is 0 Å². The van der Waals surface area contributed by atoms with E-state index in [-0.39, 0.29) is 5.78 Å². The zero-order valence-corrected chi connectivity index (χ0v) is 10.8. The molecular formula is C14H27NO. The molecule has 0 atom stereocenters. The summed E-state index contributed by atoms with van der Waals surface area (Å²) in [5.41, 5.74) is 0. The maximum absolute atomic E-state index is 11.1. The number of hydrogen-bond donors (Lipinski definition) is 1. The average molecular weight is 225 g/mol. The Morgan fingerprint density at radius 1 is 0.938 bits per heavy atom. The normalized spacial score (nSPS) is 10.3. The standard InChI is InChI=1S/C14H27NO/c1-2-3-4-5-6-7-8-9-10-11-14(16)12-13-15/h13,15H,2-12H2,1H3. The summed E-state index contributed by atoms with van der Waals surface area (Å²) in [6.07, 6.45) is 13.8. The molecule has 0 aliphatic rings. The summed E-state index contributed by atoms with van der Waals surface area (Å²) >= 11 is 0. The van der Waals surface area contributed by atoms with E-state index < -0.39 is 0 Å². The molecule has 0 fully saturated rings. The van der Waals surface area contributed by atoms with Gasteiger partial charge < -0.3 is 5.41 Å². The van der Waals surface area contributed by atoms with E-state index in [0.29, 0.717) is 12.8 Å². The molecular weight excluding hydrogens is 198 g/mol. The molecule has 0 saturated heterocycles. The Hall–Kier alpha value is -0.660. The smallest absolute Gasteiger partial charge is 0.138 e. The molecule has 2 heteroatoms. The molecule has 0 aromatic rings. The van der Waals surface area contributed by atoms with Crippen molar-refractivity contribution in [2.75, 3.05) is 0 Å².